The van der Waals surface area contributed by atoms with Crippen LogP contribution >= 0.6 is 12.4 Å². The van der Waals surface area contributed by atoms with E-state index in [0.29, 0.717) is 18.0 Å². The van der Waals surface area contributed by atoms with E-state index in [9.17, 15) is 14.9 Å². The van der Waals surface area contributed by atoms with Gasteiger partial charge in [-0.05, 0) is 82.0 Å². The first-order valence-corrected chi connectivity index (χ1v) is 14.3. The number of piperidine rings is 1. The van der Waals surface area contributed by atoms with Crippen molar-refractivity contribution in [3.8, 4) is 6.07 Å². The lowest BCUT2D eigenvalue weighted by Gasteiger charge is -2.32. The number of nitriles is 1. The summed E-state index contributed by atoms with van der Waals surface area (Å²) >= 11 is 0. The van der Waals surface area contributed by atoms with Gasteiger partial charge in [0.25, 0.3) is 5.91 Å². The molecule has 0 bridgehead atoms. The van der Waals surface area contributed by atoms with Crippen LogP contribution in [0.3, 0.4) is 0 Å². The SMILES string of the molecule is CC(C)CC(C#N)NC(=O)C1CCCCC1NC(=O)c1cc2ccccc2n1CCCC1CCNCC1.Cl. The molecule has 4 rings (SSSR count). The van der Waals surface area contributed by atoms with Crippen molar-refractivity contribution >= 4 is 35.1 Å². The van der Waals surface area contributed by atoms with Gasteiger partial charge in [-0.25, -0.2) is 0 Å². The molecule has 1 aromatic heterocycles. The van der Waals surface area contributed by atoms with E-state index < -0.39 is 6.04 Å². The number of fused-ring (bicyclic) bond motifs is 1. The molecular formula is C30H44ClN5O2. The summed E-state index contributed by atoms with van der Waals surface area (Å²) in [5.74, 6) is 0.554. The van der Waals surface area contributed by atoms with Gasteiger partial charge in [0.1, 0.15) is 11.7 Å². The minimum Gasteiger partial charge on any atom is -0.347 e. The Balaban J connectivity index is 0.00000400. The summed E-state index contributed by atoms with van der Waals surface area (Å²) in [5, 5.41) is 20.2. The van der Waals surface area contributed by atoms with Gasteiger partial charge in [-0.2, -0.15) is 5.26 Å². The predicted molar refractivity (Wildman–Crippen MR) is 154 cm³/mol. The number of para-hydroxylation sites is 1. The van der Waals surface area contributed by atoms with Crippen LogP contribution < -0.4 is 16.0 Å². The van der Waals surface area contributed by atoms with Gasteiger partial charge in [-0.1, -0.05) is 44.9 Å². The lowest BCUT2D eigenvalue weighted by Crippen LogP contribution is -2.50. The van der Waals surface area contributed by atoms with E-state index in [2.05, 4.69) is 38.7 Å². The molecule has 1 aliphatic heterocycles. The highest BCUT2D eigenvalue weighted by atomic mass is 35.5. The number of amides is 2. The minimum absolute atomic E-state index is 0. The van der Waals surface area contributed by atoms with Crippen molar-refractivity contribution in [2.24, 2.45) is 17.8 Å². The van der Waals surface area contributed by atoms with Crippen LogP contribution in [0.25, 0.3) is 10.9 Å². The second kappa shape index (κ2) is 14.6. The van der Waals surface area contributed by atoms with E-state index in [-0.39, 0.29) is 36.2 Å². The third kappa shape index (κ3) is 7.74. The van der Waals surface area contributed by atoms with E-state index in [1.54, 1.807) is 0 Å². The molecule has 0 radical (unpaired) electrons. The Morgan fingerprint density at radius 3 is 2.61 bits per heavy atom. The summed E-state index contributed by atoms with van der Waals surface area (Å²) < 4.78 is 2.16. The summed E-state index contributed by atoms with van der Waals surface area (Å²) in [6.45, 7) is 7.12. The number of nitrogens with one attached hydrogen (secondary N) is 3. The number of aryl methyl sites for hydroxylation is 1. The van der Waals surface area contributed by atoms with Crippen molar-refractivity contribution in [2.75, 3.05) is 13.1 Å². The van der Waals surface area contributed by atoms with Crippen molar-refractivity contribution in [3.05, 3.63) is 36.0 Å². The van der Waals surface area contributed by atoms with E-state index in [0.717, 1.165) is 68.6 Å². The zero-order valence-electron chi connectivity index (χ0n) is 22.9. The highest BCUT2D eigenvalue weighted by Gasteiger charge is 2.34. The Hall–Kier alpha value is -2.56. The number of nitrogens with zero attached hydrogens (tertiary/aromatic N) is 2. The van der Waals surface area contributed by atoms with Gasteiger partial charge >= 0.3 is 0 Å². The molecule has 3 N–H and O–H groups in total. The van der Waals surface area contributed by atoms with E-state index in [1.165, 1.54) is 19.3 Å². The lowest BCUT2D eigenvalue weighted by atomic mass is 9.83. The molecule has 2 amide bonds. The molecule has 208 valence electrons. The molecule has 3 atom stereocenters. The van der Waals surface area contributed by atoms with Crippen molar-refractivity contribution in [1.29, 1.82) is 5.26 Å². The van der Waals surface area contributed by atoms with Gasteiger partial charge in [0.15, 0.2) is 0 Å². The first-order chi connectivity index (χ1) is 18.0. The fourth-order valence-corrected chi connectivity index (χ4v) is 6.10. The largest absolute Gasteiger partial charge is 0.347 e. The van der Waals surface area contributed by atoms with Gasteiger partial charge in [-0.3, -0.25) is 9.59 Å². The molecule has 2 aliphatic rings. The molecule has 7 nitrogen and oxygen atoms in total. The standard InChI is InChI=1S/C30H43N5O2.ClH/c1-21(2)18-24(20-31)33-29(36)25-10-4-5-11-26(25)34-30(37)28-19-23-9-3-6-12-27(23)35(28)17-7-8-22-13-15-32-16-14-22;/h3,6,9,12,19,21-22,24-26,32H,4-5,7-8,10-11,13-18H2,1-2H3,(H,33,36)(H,34,37);1H. The minimum atomic E-state index is -0.492. The molecule has 2 fully saturated rings. The molecule has 1 aliphatic carbocycles. The number of carbonyl (C=O) groups is 2. The fourth-order valence-electron chi connectivity index (χ4n) is 6.10. The third-order valence-electron chi connectivity index (χ3n) is 8.09. The van der Waals surface area contributed by atoms with Crippen molar-refractivity contribution < 1.29 is 9.59 Å². The van der Waals surface area contributed by atoms with Crippen LogP contribution in [0.5, 0.6) is 0 Å². The maximum atomic E-state index is 13.6. The maximum Gasteiger partial charge on any atom is 0.268 e. The van der Waals surface area contributed by atoms with Gasteiger partial charge < -0.3 is 20.5 Å². The average molecular weight is 542 g/mol. The predicted octanol–water partition coefficient (Wildman–Crippen LogP) is 5.19. The molecule has 2 aromatic rings. The zero-order valence-corrected chi connectivity index (χ0v) is 23.7. The number of hydrogen-bond acceptors (Lipinski definition) is 4. The summed E-state index contributed by atoms with van der Waals surface area (Å²) in [4.78, 5) is 26.8. The highest BCUT2D eigenvalue weighted by Crippen LogP contribution is 2.27. The van der Waals surface area contributed by atoms with Crippen LogP contribution in [-0.4, -0.2) is 41.6 Å². The number of carbonyl (C=O) groups excluding carboxylic acids is 2. The van der Waals surface area contributed by atoms with Gasteiger partial charge in [0, 0.05) is 23.5 Å². The molecule has 2 heterocycles. The average Bonchev–Trinajstić information content (AvgIpc) is 3.27. The van der Waals surface area contributed by atoms with Crippen molar-refractivity contribution in [1.82, 2.24) is 20.5 Å². The number of halogens is 1. The second-order valence-corrected chi connectivity index (χ2v) is 11.4. The molecule has 1 aromatic carbocycles. The third-order valence-corrected chi connectivity index (χ3v) is 8.09. The summed E-state index contributed by atoms with van der Waals surface area (Å²) in [5.41, 5.74) is 1.76. The van der Waals surface area contributed by atoms with Crippen LogP contribution in [0, 0.1) is 29.1 Å². The van der Waals surface area contributed by atoms with Crippen molar-refractivity contribution in [2.45, 2.75) is 90.3 Å². The molecule has 1 saturated heterocycles. The molecule has 0 spiro atoms. The second-order valence-electron chi connectivity index (χ2n) is 11.4. The first-order valence-electron chi connectivity index (χ1n) is 14.3. The quantitative estimate of drug-likeness (QED) is 0.385. The van der Waals surface area contributed by atoms with Gasteiger partial charge in [0.2, 0.25) is 5.91 Å². The van der Waals surface area contributed by atoms with E-state index in [4.69, 9.17) is 0 Å². The van der Waals surface area contributed by atoms with Crippen LogP contribution in [0.4, 0.5) is 0 Å². The summed E-state index contributed by atoms with van der Waals surface area (Å²) in [6, 6.07) is 11.7. The molecule has 8 heteroatoms. The molecule has 1 saturated carbocycles. The Labute approximate surface area is 233 Å². The van der Waals surface area contributed by atoms with Gasteiger partial charge in [0.05, 0.1) is 12.0 Å². The number of aromatic nitrogens is 1. The summed E-state index contributed by atoms with van der Waals surface area (Å²) in [6.07, 6.45) is 8.77. The van der Waals surface area contributed by atoms with Crippen LogP contribution in [0.1, 0.15) is 82.1 Å². The van der Waals surface area contributed by atoms with E-state index in [1.807, 2.05) is 32.0 Å². The van der Waals surface area contributed by atoms with Crippen LogP contribution in [0.15, 0.2) is 30.3 Å². The van der Waals surface area contributed by atoms with Crippen molar-refractivity contribution in [3.63, 3.8) is 0 Å². The number of benzene rings is 1. The Morgan fingerprint density at radius 2 is 1.87 bits per heavy atom. The Morgan fingerprint density at radius 1 is 1.13 bits per heavy atom. The molecule has 38 heavy (non-hydrogen) atoms. The van der Waals surface area contributed by atoms with E-state index >= 15 is 0 Å². The van der Waals surface area contributed by atoms with Crippen LogP contribution in [0.2, 0.25) is 0 Å². The topological polar surface area (TPSA) is 99.0 Å². The van der Waals surface area contributed by atoms with Crippen LogP contribution in [-0.2, 0) is 11.3 Å². The number of rotatable bonds is 10. The molecular weight excluding hydrogens is 498 g/mol. The highest BCUT2D eigenvalue weighted by molar-refractivity contribution is 5.99. The summed E-state index contributed by atoms with van der Waals surface area (Å²) in [7, 11) is 0. The molecule has 3 unspecified atom stereocenters. The monoisotopic (exact) mass is 541 g/mol. The Kier molecular flexibility index (Phi) is 11.5. The Bertz CT molecular complexity index is 1100. The maximum absolute atomic E-state index is 13.6. The first kappa shape index (κ1) is 30.0. The number of hydrogen-bond donors (Lipinski definition) is 3. The van der Waals surface area contributed by atoms with Gasteiger partial charge in [-0.15, -0.1) is 12.4 Å². The smallest absolute Gasteiger partial charge is 0.268 e. The lowest BCUT2D eigenvalue weighted by molar-refractivity contribution is -0.127. The normalized spacial score (nSPS) is 20.9. The fraction of sp³-hybridized carbons (Fsp3) is 0.633. The zero-order chi connectivity index (χ0) is 26.2.